The van der Waals surface area contributed by atoms with Gasteiger partial charge in [0.25, 0.3) is 0 Å². The summed E-state index contributed by atoms with van der Waals surface area (Å²) in [7, 11) is -3.33. The van der Waals surface area contributed by atoms with E-state index in [1.807, 2.05) is 24.4 Å². The Kier molecular flexibility index (Phi) is 3.29. The molecule has 6 nitrogen and oxygen atoms in total. The van der Waals surface area contributed by atoms with Crippen LogP contribution in [-0.4, -0.2) is 23.0 Å². The lowest BCUT2D eigenvalue weighted by atomic mass is 10.2. The fraction of sp³-hybridized carbons (Fsp3) is 0.286. The van der Waals surface area contributed by atoms with Crippen molar-refractivity contribution in [3.8, 4) is 0 Å². The Hall–Kier alpha value is -2.15. The van der Waals surface area contributed by atoms with E-state index in [-0.39, 0.29) is 11.5 Å². The van der Waals surface area contributed by atoms with E-state index in [0.29, 0.717) is 22.7 Å². The van der Waals surface area contributed by atoms with Crippen molar-refractivity contribution in [2.45, 2.75) is 25.4 Å². The van der Waals surface area contributed by atoms with Gasteiger partial charge in [-0.25, -0.2) is 13.4 Å². The van der Waals surface area contributed by atoms with Crippen LogP contribution in [0.15, 0.2) is 35.1 Å². The second-order valence-corrected chi connectivity index (χ2v) is 7.10. The molecule has 0 bridgehead atoms. The molecule has 0 aliphatic heterocycles. The van der Waals surface area contributed by atoms with Crippen molar-refractivity contribution in [2.75, 3.05) is 0 Å². The highest BCUT2D eigenvalue weighted by molar-refractivity contribution is 7.89. The van der Waals surface area contributed by atoms with E-state index in [1.54, 1.807) is 24.4 Å². The first kappa shape index (κ1) is 13.8. The SMILES string of the molecule is Cc1noc(C)c1CS(=O)(=O)Cc1cn2ccccc2n1. The lowest BCUT2D eigenvalue weighted by Crippen LogP contribution is -2.09. The molecule has 110 valence electrons. The van der Waals surface area contributed by atoms with Gasteiger partial charge in [-0.05, 0) is 26.0 Å². The number of hydrogen-bond acceptors (Lipinski definition) is 5. The molecular weight excluding hydrogens is 290 g/mol. The molecule has 0 amide bonds. The van der Waals surface area contributed by atoms with Crippen molar-refractivity contribution < 1.29 is 12.9 Å². The second kappa shape index (κ2) is 5.00. The van der Waals surface area contributed by atoms with E-state index < -0.39 is 9.84 Å². The Morgan fingerprint density at radius 1 is 1.24 bits per heavy atom. The summed E-state index contributed by atoms with van der Waals surface area (Å²) < 4.78 is 31.5. The molecule has 0 aliphatic carbocycles. The minimum Gasteiger partial charge on any atom is -0.361 e. The quantitative estimate of drug-likeness (QED) is 0.737. The number of aromatic nitrogens is 3. The van der Waals surface area contributed by atoms with Gasteiger partial charge < -0.3 is 8.92 Å². The first-order valence-electron chi connectivity index (χ1n) is 6.49. The number of nitrogens with zero attached hydrogens (tertiary/aromatic N) is 3. The lowest BCUT2D eigenvalue weighted by molar-refractivity contribution is 0.392. The molecule has 0 aromatic carbocycles. The first-order valence-corrected chi connectivity index (χ1v) is 8.31. The maximum Gasteiger partial charge on any atom is 0.160 e. The van der Waals surface area contributed by atoms with E-state index in [2.05, 4.69) is 10.1 Å². The number of imidazole rings is 1. The van der Waals surface area contributed by atoms with Crippen LogP contribution in [0.3, 0.4) is 0 Å². The molecule has 0 saturated heterocycles. The third-order valence-corrected chi connectivity index (χ3v) is 4.79. The van der Waals surface area contributed by atoms with Crippen LogP contribution in [0.5, 0.6) is 0 Å². The van der Waals surface area contributed by atoms with Crippen LogP contribution in [0.4, 0.5) is 0 Å². The lowest BCUT2D eigenvalue weighted by Gasteiger charge is -2.01. The summed E-state index contributed by atoms with van der Waals surface area (Å²) in [5, 5.41) is 3.78. The topological polar surface area (TPSA) is 77.5 Å². The maximum atomic E-state index is 12.3. The van der Waals surface area contributed by atoms with Gasteiger partial charge in [0, 0.05) is 18.0 Å². The van der Waals surface area contributed by atoms with Crippen LogP contribution in [0, 0.1) is 13.8 Å². The molecule has 21 heavy (non-hydrogen) atoms. The average molecular weight is 305 g/mol. The molecule has 0 atom stereocenters. The third kappa shape index (κ3) is 2.82. The third-order valence-electron chi connectivity index (χ3n) is 3.33. The molecule has 0 radical (unpaired) electrons. The largest absolute Gasteiger partial charge is 0.361 e. The molecular formula is C14H15N3O3S. The number of aryl methyl sites for hydroxylation is 2. The zero-order chi connectivity index (χ0) is 15.0. The molecule has 3 aromatic heterocycles. The van der Waals surface area contributed by atoms with Crippen molar-refractivity contribution in [3.63, 3.8) is 0 Å². The molecule has 0 unspecified atom stereocenters. The van der Waals surface area contributed by atoms with Crippen LogP contribution in [0.1, 0.15) is 22.7 Å². The minimum atomic E-state index is -3.33. The van der Waals surface area contributed by atoms with Crippen molar-refractivity contribution in [1.82, 2.24) is 14.5 Å². The summed E-state index contributed by atoms with van der Waals surface area (Å²) >= 11 is 0. The summed E-state index contributed by atoms with van der Waals surface area (Å²) in [5.41, 5.74) is 2.53. The highest BCUT2D eigenvalue weighted by Crippen LogP contribution is 2.18. The van der Waals surface area contributed by atoms with E-state index in [9.17, 15) is 8.42 Å². The highest BCUT2D eigenvalue weighted by atomic mass is 32.2. The summed E-state index contributed by atoms with van der Waals surface area (Å²) in [6, 6.07) is 5.58. The Labute approximate surface area is 122 Å². The van der Waals surface area contributed by atoms with Gasteiger partial charge in [-0.3, -0.25) is 0 Å². The summed E-state index contributed by atoms with van der Waals surface area (Å²) in [4.78, 5) is 4.32. The Morgan fingerprint density at radius 3 is 2.71 bits per heavy atom. The van der Waals surface area contributed by atoms with Gasteiger partial charge in [-0.15, -0.1) is 0 Å². The van der Waals surface area contributed by atoms with Crippen LogP contribution >= 0.6 is 0 Å². The van der Waals surface area contributed by atoms with E-state index in [1.165, 1.54) is 0 Å². The number of sulfone groups is 1. The van der Waals surface area contributed by atoms with Gasteiger partial charge in [-0.2, -0.15) is 0 Å². The molecule has 0 saturated carbocycles. The van der Waals surface area contributed by atoms with Crippen molar-refractivity contribution in [1.29, 1.82) is 0 Å². The standard InChI is InChI=1S/C14H15N3O3S/c1-10-13(11(2)20-16-10)9-21(18,19)8-12-7-17-6-4-3-5-14(17)15-12/h3-7H,8-9H2,1-2H3. The number of pyridine rings is 1. The van der Waals surface area contributed by atoms with Crippen molar-refractivity contribution in [2.24, 2.45) is 0 Å². The number of rotatable bonds is 4. The smallest absolute Gasteiger partial charge is 0.160 e. The van der Waals surface area contributed by atoms with E-state index >= 15 is 0 Å². The fourth-order valence-electron chi connectivity index (χ4n) is 2.26. The Balaban J connectivity index is 1.86. The second-order valence-electron chi connectivity index (χ2n) is 5.03. The molecule has 3 rings (SSSR count). The van der Waals surface area contributed by atoms with Gasteiger partial charge in [-0.1, -0.05) is 11.2 Å². The van der Waals surface area contributed by atoms with Gasteiger partial charge in [0.2, 0.25) is 0 Å². The van der Waals surface area contributed by atoms with Gasteiger partial charge in [0.1, 0.15) is 11.4 Å². The van der Waals surface area contributed by atoms with Crippen LogP contribution < -0.4 is 0 Å². The number of hydrogen-bond donors (Lipinski definition) is 0. The van der Waals surface area contributed by atoms with Crippen LogP contribution in [0.2, 0.25) is 0 Å². The van der Waals surface area contributed by atoms with Gasteiger partial charge >= 0.3 is 0 Å². The Bertz CT molecular complexity index is 841. The highest BCUT2D eigenvalue weighted by Gasteiger charge is 2.20. The first-order chi connectivity index (χ1) is 9.94. The molecule has 3 heterocycles. The predicted octanol–water partition coefficient (Wildman–Crippen LogP) is 2.05. The van der Waals surface area contributed by atoms with Crippen molar-refractivity contribution >= 4 is 15.5 Å². The molecule has 0 fully saturated rings. The predicted molar refractivity (Wildman–Crippen MR) is 77.5 cm³/mol. The van der Waals surface area contributed by atoms with E-state index in [4.69, 9.17) is 4.52 Å². The van der Waals surface area contributed by atoms with Crippen LogP contribution in [-0.2, 0) is 21.3 Å². The average Bonchev–Trinajstić information content (AvgIpc) is 2.95. The molecule has 0 N–H and O–H groups in total. The zero-order valence-corrected chi connectivity index (χ0v) is 12.6. The van der Waals surface area contributed by atoms with Crippen LogP contribution in [0.25, 0.3) is 5.65 Å². The van der Waals surface area contributed by atoms with Gasteiger partial charge in [0.15, 0.2) is 9.84 Å². The fourth-order valence-corrected chi connectivity index (χ4v) is 3.80. The van der Waals surface area contributed by atoms with Crippen molar-refractivity contribution in [3.05, 3.63) is 53.3 Å². The summed E-state index contributed by atoms with van der Waals surface area (Å²) in [6.07, 6.45) is 3.58. The van der Waals surface area contributed by atoms with Gasteiger partial charge in [0.05, 0.1) is 22.9 Å². The Morgan fingerprint density at radius 2 is 2.05 bits per heavy atom. The summed E-state index contributed by atoms with van der Waals surface area (Å²) in [5.74, 6) is 0.368. The summed E-state index contributed by atoms with van der Waals surface area (Å²) in [6.45, 7) is 3.46. The zero-order valence-electron chi connectivity index (χ0n) is 11.8. The maximum absolute atomic E-state index is 12.3. The molecule has 0 spiro atoms. The monoisotopic (exact) mass is 305 g/mol. The normalized spacial score (nSPS) is 12.1. The molecule has 0 aliphatic rings. The number of fused-ring (bicyclic) bond motifs is 1. The van der Waals surface area contributed by atoms with E-state index in [0.717, 1.165) is 5.65 Å². The molecule has 7 heteroatoms. The minimum absolute atomic E-state index is 0.0813. The molecule has 3 aromatic rings.